The molecule has 5 nitrogen and oxygen atoms in total. The zero-order chi connectivity index (χ0) is 14.7. The second-order valence-electron chi connectivity index (χ2n) is 5.11. The quantitative estimate of drug-likeness (QED) is 0.891. The summed E-state index contributed by atoms with van der Waals surface area (Å²) in [6.45, 7) is 1.27. The molecule has 110 valence electrons. The fourth-order valence-corrected chi connectivity index (χ4v) is 2.41. The summed E-state index contributed by atoms with van der Waals surface area (Å²) in [5.41, 5.74) is 0.609. The molecular formula is C15H17ClN4O. The van der Waals surface area contributed by atoms with Crippen molar-refractivity contribution in [2.45, 2.75) is 25.3 Å². The van der Waals surface area contributed by atoms with E-state index in [0.29, 0.717) is 23.2 Å². The van der Waals surface area contributed by atoms with Crippen LogP contribution in [-0.4, -0.2) is 22.1 Å². The molecule has 0 saturated heterocycles. The second kappa shape index (κ2) is 6.18. The van der Waals surface area contributed by atoms with E-state index in [1.807, 2.05) is 24.5 Å². The molecule has 1 aromatic heterocycles. The lowest BCUT2D eigenvalue weighted by atomic mass is 10.3. The first-order valence-electron chi connectivity index (χ1n) is 7.04. The van der Waals surface area contributed by atoms with Gasteiger partial charge in [-0.2, -0.15) is 0 Å². The first-order valence-corrected chi connectivity index (χ1v) is 7.42. The SMILES string of the molecule is O=C(NCCn1ccnc1C1CC1)Nc1ccccc1Cl. The fourth-order valence-electron chi connectivity index (χ4n) is 2.23. The van der Waals surface area contributed by atoms with Crippen LogP contribution in [0.25, 0.3) is 0 Å². The van der Waals surface area contributed by atoms with E-state index in [2.05, 4.69) is 20.2 Å². The number of halogens is 1. The van der Waals surface area contributed by atoms with Crippen LogP contribution in [0.3, 0.4) is 0 Å². The third kappa shape index (κ3) is 3.55. The Morgan fingerprint density at radius 1 is 1.38 bits per heavy atom. The first-order chi connectivity index (χ1) is 10.2. The van der Waals surface area contributed by atoms with Crippen LogP contribution in [0.15, 0.2) is 36.7 Å². The Morgan fingerprint density at radius 2 is 2.19 bits per heavy atom. The molecule has 2 amide bonds. The predicted molar refractivity (Wildman–Crippen MR) is 82.7 cm³/mol. The lowest BCUT2D eigenvalue weighted by molar-refractivity contribution is 0.251. The fraction of sp³-hybridized carbons (Fsp3) is 0.333. The number of hydrogen-bond acceptors (Lipinski definition) is 2. The van der Waals surface area contributed by atoms with Gasteiger partial charge in [0.05, 0.1) is 10.7 Å². The van der Waals surface area contributed by atoms with E-state index in [1.54, 1.807) is 12.1 Å². The number of imidazole rings is 1. The van der Waals surface area contributed by atoms with Gasteiger partial charge in [-0.1, -0.05) is 23.7 Å². The maximum Gasteiger partial charge on any atom is 0.319 e. The van der Waals surface area contributed by atoms with Crippen molar-refractivity contribution in [2.75, 3.05) is 11.9 Å². The molecule has 2 aromatic rings. The van der Waals surface area contributed by atoms with Crippen molar-refractivity contribution in [3.05, 3.63) is 47.5 Å². The molecule has 21 heavy (non-hydrogen) atoms. The van der Waals surface area contributed by atoms with Crippen LogP contribution in [0.2, 0.25) is 5.02 Å². The van der Waals surface area contributed by atoms with Crippen LogP contribution in [0.1, 0.15) is 24.6 Å². The summed E-state index contributed by atoms with van der Waals surface area (Å²) in [6, 6.07) is 6.91. The van der Waals surface area contributed by atoms with Gasteiger partial charge in [0, 0.05) is 31.4 Å². The van der Waals surface area contributed by atoms with Gasteiger partial charge in [0.25, 0.3) is 0 Å². The van der Waals surface area contributed by atoms with Crippen LogP contribution < -0.4 is 10.6 Å². The Kier molecular flexibility index (Phi) is 4.10. The number of benzene rings is 1. The molecule has 0 unspecified atom stereocenters. The van der Waals surface area contributed by atoms with Gasteiger partial charge in [-0.25, -0.2) is 9.78 Å². The van der Waals surface area contributed by atoms with Gasteiger partial charge in [-0.15, -0.1) is 0 Å². The minimum Gasteiger partial charge on any atom is -0.336 e. The molecule has 1 aromatic carbocycles. The highest BCUT2D eigenvalue weighted by Gasteiger charge is 2.27. The van der Waals surface area contributed by atoms with E-state index < -0.39 is 0 Å². The topological polar surface area (TPSA) is 59.0 Å². The number of nitrogens with zero attached hydrogens (tertiary/aromatic N) is 2. The van der Waals surface area contributed by atoms with E-state index in [-0.39, 0.29) is 6.03 Å². The normalized spacial score (nSPS) is 14.0. The number of anilines is 1. The van der Waals surface area contributed by atoms with E-state index in [0.717, 1.165) is 12.4 Å². The largest absolute Gasteiger partial charge is 0.336 e. The highest BCUT2D eigenvalue weighted by molar-refractivity contribution is 6.33. The number of aromatic nitrogens is 2. The molecule has 0 radical (unpaired) electrons. The minimum atomic E-state index is -0.254. The smallest absolute Gasteiger partial charge is 0.319 e. The van der Waals surface area contributed by atoms with Crippen molar-refractivity contribution >= 4 is 23.3 Å². The van der Waals surface area contributed by atoms with Crippen molar-refractivity contribution in [1.29, 1.82) is 0 Å². The summed E-state index contributed by atoms with van der Waals surface area (Å²) >= 11 is 5.99. The highest BCUT2D eigenvalue weighted by Crippen LogP contribution is 2.38. The second-order valence-corrected chi connectivity index (χ2v) is 5.52. The molecule has 1 aliphatic carbocycles. The third-order valence-corrected chi connectivity index (χ3v) is 3.78. The van der Waals surface area contributed by atoms with Crippen molar-refractivity contribution in [1.82, 2.24) is 14.9 Å². The number of nitrogens with one attached hydrogen (secondary N) is 2. The van der Waals surface area contributed by atoms with Gasteiger partial charge in [0.1, 0.15) is 5.82 Å². The molecule has 6 heteroatoms. The van der Waals surface area contributed by atoms with Crippen LogP contribution in [0, 0.1) is 0 Å². The number of hydrogen-bond donors (Lipinski definition) is 2. The van der Waals surface area contributed by atoms with Crippen LogP contribution in [0.5, 0.6) is 0 Å². The van der Waals surface area contributed by atoms with Gasteiger partial charge >= 0.3 is 6.03 Å². The number of rotatable bonds is 5. The van der Waals surface area contributed by atoms with Gasteiger partial charge in [-0.3, -0.25) is 0 Å². The molecule has 0 atom stereocenters. The van der Waals surface area contributed by atoms with Crippen molar-refractivity contribution in [3.8, 4) is 0 Å². The van der Waals surface area contributed by atoms with Gasteiger partial charge in [0.15, 0.2) is 0 Å². The Morgan fingerprint density at radius 3 is 2.95 bits per heavy atom. The summed E-state index contributed by atoms with van der Waals surface area (Å²) in [5.74, 6) is 1.74. The molecule has 0 spiro atoms. The number of amides is 2. The van der Waals surface area contributed by atoms with E-state index >= 15 is 0 Å². The highest BCUT2D eigenvalue weighted by atomic mass is 35.5. The summed E-state index contributed by atoms with van der Waals surface area (Å²) in [6.07, 6.45) is 6.22. The summed E-state index contributed by atoms with van der Waals surface area (Å²) < 4.78 is 2.10. The zero-order valence-corrected chi connectivity index (χ0v) is 12.3. The van der Waals surface area contributed by atoms with Gasteiger partial charge in [-0.05, 0) is 25.0 Å². The van der Waals surface area contributed by atoms with Crippen LogP contribution >= 0.6 is 11.6 Å². The number of urea groups is 1. The standard InChI is InChI=1S/C15H17ClN4O/c16-12-3-1-2-4-13(12)19-15(21)18-8-10-20-9-7-17-14(20)11-5-6-11/h1-4,7,9,11H,5-6,8,10H2,(H2,18,19,21). The molecule has 1 heterocycles. The molecule has 1 fully saturated rings. The molecule has 3 rings (SSSR count). The number of carbonyl (C=O) groups excluding carboxylic acids is 1. The van der Waals surface area contributed by atoms with E-state index in [4.69, 9.17) is 11.6 Å². The van der Waals surface area contributed by atoms with E-state index in [9.17, 15) is 4.79 Å². The lowest BCUT2D eigenvalue weighted by Gasteiger charge is -2.10. The molecule has 1 saturated carbocycles. The average molecular weight is 305 g/mol. The van der Waals surface area contributed by atoms with Crippen molar-refractivity contribution < 1.29 is 4.79 Å². The Bertz CT molecular complexity index is 636. The summed E-state index contributed by atoms with van der Waals surface area (Å²) in [7, 11) is 0. The van der Waals surface area contributed by atoms with Crippen LogP contribution in [-0.2, 0) is 6.54 Å². The minimum absolute atomic E-state index is 0.254. The van der Waals surface area contributed by atoms with Crippen molar-refractivity contribution in [2.24, 2.45) is 0 Å². The predicted octanol–water partition coefficient (Wildman–Crippen LogP) is 3.24. The first kappa shape index (κ1) is 13.9. The molecule has 1 aliphatic rings. The van der Waals surface area contributed by atoms with Gasteiger partial charge < -0.3 is 15.2 Å². The monoisotopic (exact) mass is 304 g/mol. The maximum absolute atomic E-state index is 11.8. The Labute approximate surface area is 128 Å². The third-order valence-electron chi connectivity index (χ3n) is 3.45. The van der Waals surface area contributed by atoms with E-state index in [1.165, 1.54) is 12.8 Å². The summed E-state index contributed by atoms with van der Waals surface area (Å²) in [4.78, 5) is 16.2. The Balaban J connectivity index is 1.48. The molecule has 2 N–H and O–H groups in total. The van der Waals surface area contributed by atoms with Gasteiger partial charge in [0.2, 0.25) is 0 Å². The average Bonchev–Trinajstić information content (AvgIpc) is 3.21. The lowest BCUT2D eigenvalue weighted by Crippen LogP contribution is -2.31. The molecular weight excluding hydrogens is 288 g/mol. The molecule has 0 bridgehead atoms. The molecule has 0 aliphatic heterocycles. The number of carbonyl (C=O) groups is 1. The zero-order valence-electron chi connectivity index (χ0n) is 11.6. The number of para-hydroxylation sites is 1. The van der Waals surface area contributed by atoms with Crippen LogP contribution in [0.4, 0.5) is 10.5 Å². The summed E-state index contributed by atoms with van der Waals surface area (Å²) in [5, 5.41) is 6.09. The Hall–Kier alpha value is -2.01. The van der Waals surface area contributed by atoms with Crippen molar-refractivity contribution in [3.63, 3.8) is 0 Å². The maximum atomic E-state index is 11.8.